The number of aliphatic hydroxyl groups is 1. The highest BCUT2D eigenvalue weighted by Gasteiger charge is 2.73. The van der Waals surface area contributed by atoms with Gasteiger partial charge < -0.3 is 19.0 Å². The highest BCUT2D eigenvalue weighted by molar-refractivity contribution is 5.95. The van der Waals surface area contributed by atoms with Crippen molar-refractivity contribution in [2.75, 3.05) is 0 Å². The van der Waals surface area contributed by atoms with Gasteiger partial charge in [-0.1, -0.05) is 24.1 Å². The van der Waals surface area contributed by atoms with Crippen molar-refractivity contribution < 1.29 is 28.6 Å². The van der Waals surface area contributed by atoms with Crippen LogP contribution in [0.2, 0.25) is 0 Å². The number of esters is 2. The smallest absolute Gasteiger partial charge is 0.334 e. The lowest BCUT2D eigenvalue weighted by Gasteiger charge is -2.45. The summed E-state index contributed by atoms with van der Waals surface area (Å²) < 4.78 is 17.1. The molecule has 2 bridgehead atoms. The minimum absolute atomic E-state index is 0.0476. The maximum atomic E-state index is 13.7. The van der Waals surface area contributed by atoms with Gasteiger partial charge in [0.2, 0.25) is 0 Å². The molecule has 1 unspecified atom stereocenters. The molecule has 3 aliphatic carbocycles. The Labute approximate surface area is 187 Å². The number of fused-ring (bicyclic) bond motifs is 4. The third-order valence-electron chi connectivity index (χ3n) is 9.31. The van der Waals surface area contributed by atoms with E-state index in [0.717, 1.165) is 23.1 Å². The van der Waals surface area contributed by atoms with Crippen molar-refractivity contribution in [2.45, 2.75) is 77.1 Å². The average molecular weight is 439 g/mol. The van der Waals surface area contributed by atoms with Gasteiger partial charge in [-0.25, -0.2) is 4.79 Å². The van der Waals surface area contributed by atoms with E-state index in [1.807, 2.05) is 32.9 Å². The Hall–Kier alpha value is -2.34. The van der Waals surface area contributed by atoms with Gasteiger partial charge in [0, 0.05) is 29.2 Å². The summed E-state index contributed by atoms with van der Waals surface area (Å²) in [6, 6.07) is 1.90. The fourth-order valence-electron chi connectivity index (χ4n) is 7.69. The fourth-order valence-corrected chi connectivity index (χ4v) is 7.69. The van der Waals surface area contributed by atoms with Crippen molar-refractivity contribution in [1.82, 2.24) is 0 Å². The monoisotopic (exact) mass is 438 g/mol. The molecule has 1 N–H and O–H groups in total. The minimum Gasteiger partial charge on any atom is -0.472 e. The van der Waals surface area contributed by atoms with Crippen LogP contribution in [0.15, 0.2) is 45.8 Å². The lowest BCUT2D eigenvalue weighted by Crippen LogP contribution is -2.53. The highest BCUT2D eigenvalue weighted by Crippen LogP contribution is 2.69. The van der Waals surface area contributed by atoms with Crippen molar-refractivity contribution >= 4 is 11.9 Å². The molecule has 6 aliphatic rings. The molecule has 1 saturated carbocycles. The molecule has 6 atom stereocenters. The number of carbonyl (C=O) groups excluding carboxylic acids is 2. The van der Waals surface area contributed by atoms with Crippen LogP contribution in [0.3, 0.4) is 0 Å². The van der Waals surface area contributed by atoms with E-state index < -0.39 is 22.0 Å². The molecule has 6 heteroatoms. The van der Waals surface area contributed by atoms with Crippen LogP contribution in [0.1, 0.15) is 58.9 Å². The van der Waals surface area contributed by atoms with Gasteiger partial charge >= 0.3 is 11.9 Å². The Morgan fingerprint density at radius 2 is 1.97 bits per heavy atom. The minimum atomic E-state index is -1.25. The van der Waals surface area contributed by atoms with Gasteiger partial charge in [-0.15, -0.1) is 0 Å². The number of rotatable bonds is 2. The van der Waals surface area contributed by atoms with Crippen LogP contribution in [0.25, 0.3) is 0 Å². The molecule has 32 heavy (non-hydrogen) atoms. The summed E-state index contributed by atoms with van der Waals surface area (Å²) in [5, 5.41) is 12.0. The zero-order valence-electron chi connectivity index (χ0n) is 19.1. The lowest BCUT2D eigenvalue weighted by atomic mass is 9.57. The SMILES string of the molecule is CC1=C[C@@]23C(=O)OC(C)(C)[C@@H]1C[C@@]2(O)CC1=C2C(=O)O[C@@H](Cc4ccoc4)[C@]2(C)CCC13. The first-order valence-corrected chi connectivity index (χ1v) is 11.6. The quantitative estimate of drug-likeness (QED) is 0.557. The van der Waals surface area contributed by atoms with Crippen LogP contribution >= 0.6 is 0 Å². The van der Waals surface area contributed by atoms with Crippen LogP contribution in [0.5, 0.6) is 0 Å². The Morgan fingerprint density at radius 3 is 2.69 bits per heavy atom. The molecular formula is C26H30O6. The molecule has 7 rings (SSSR count). The van der Waals surface area contributed by atoms with Gasteiger partial charge in [0.25, 0.3) is 0 Å². The van der Waals surface area contributed by atoms with Gasteiger partial charge in [-0.3, -0.25) is 4.79 Å². The van der Waals surface area contributed by atoms with E-state index in [2.05, 4.69) is 6.92 Å². The van der Waals surface area contributed by atoms with Gasteiger partial charge in [-0.2, -0.15) is 0 Å². The normalized spacial score (nSPS) is 43.8. The number of carbonyl (C=O) groups is 2. The standard InChI is InChI=1S/C26H30O6/c1-14-10-26-17-5-7-24(4)19(9-15-6-8-30-13-15)31-21(27)20(24)16(17)11-25(26,29)12-18(14)23(2,3)32-22(26)28/h6,8,10,13,17-19,29H,5,7,9,11-12H2,1-4H3/t17?,18-,19+,24+,25+,26-/m1/s1. The van der Waals surface area contributed by atoms with E-state index >= 15 is 0 Å². The first-order valence-electron chi connectivity index (χ1n) is 11.6. The largest absolute Gasteiger partial charge is 0.472 e. The van der Waals surface area contributed by atoms with Gasteiger partial charge in [-0.05, 0) is 58.1 Å². The molecule has 0 radical (unpaired) electrons. The molecule has 1 spiro atoms. The van der Waals surface area contributed by atoms with E-state index in [0.29, 0.717) is 31.3 Å². The maximum Gasteiger partial charge on any atom is 0.334 e. The maximum absolute atomic E-state index is 13.7. The molecule has 0 amide bonds. The first-order chi connectivity index (χ1) is 15.0. The van der Waals surface area contributed by atoms with Crippen LogP contribution in [0.4, 0.5) is 0 Å². The molecule has 6 nitrogen and oxygen atoms in total. The van der Waals surface area contributed by atoms with Crippen LogP contribution in [0, 0.1) is 22.7 Å². The first kappa shape index (κ1) is 20.3. The number of hydrogen-bond donors (Lipinski definition) is 1. The Bertz CT molecular complexity index is 1090. The van der Waals surface area contributed by atoms with Crippen molar-refractivity contribution in [2.24, 2.45) is 22.7 Å². The van der Waals surface area contributed by atoms with Crippen LogP contribution in [-0.2, 0) is 25.5 Å². The molecule has 1 aromatic heterocycles. The van der Waals surface area contributed by atoms with Crippen molar-refractivity contribution in [3.05, 3.63) is 47.0 Å². The Kier molecular flexibility index (Phi) is 3.78. The van der Waals surface area contributed by atoms with E-state index in [4.69, 9.17) is 13.9 Å². The fraction of sp³-hybridized carbons (Fsp3) is 0.615. The molecule has 4 heterocycles. The Morgan fingerprint density at radius 1 is 1.19 bits per heavy atom. The molecule has 0 aromatic carbocycles. The summed E-state index contributed by atoms with van der Waals surface area (Å²) in [6.07, 6.45) is 7.82. The predicted molar refractivity (Wildman–Crippen MR) is 114 cm³/mol. The summed E-state index contributed by atoms with van der Waals surface area (Å²) in [5.41, 5.74) is 0.182. The highest BCUT2D eigenvalue weighted by atomic mass is 16.6. The van der Waals surface area contributed by atoms with Gasteiger partial charge in [0.15, 0.2) is 0 Å². The number of cyclic esters (lactones) is 1. The zero-order chi connectivity index (χ0) is 22.7. The van der Waals surface area contributed by atoms with Crippen LogP contribution in [-0.4, -0.2) is 34.4 Å². The van der Waals surface area contributed by atoms with Crippen molar-refractivity contribution in [3.8, 4) is 0 Å². The number of ether oxygens (including phenoxy) is 2. The molecule has 2 saturated heterocycles. The average Bonchev–Trinajstić information content (AvgIpc) is 3.34. The summed E-state index contributed by atoms with van der Waals surface area (Å²) in [6.45, 7) is 8.00. The molecule has 170 valence electrons. The summed E-state index contributed by atoms with van der Waals surface area (Å²) in [4.78, 5) is 26.9. The van der Waals surface area contributed by atoms with Gasteiger partial charge in [0.05, 0.1) is 18.1 Å². The van der Waals surface area contributed by atoms with E-state index in [-0.39, 0.29) is 29.9 Å². The molecule has 3 aliphatic heterocycles. The third kappa shape index (κ3) is 2.24. The summed E-state index contributed by atoms with van der Waals surface area (Å²) in [7, 11) is 0. The van der Waals surface area contributed by atoms with E-state index in [9.17, 15) is 14.7 Å². The molecule has 3 fully saturated rings. The van der Waals surface area contributed by atoms with Gasteiger partial charge in [0.1, 0.15) is 17.1 Å². The second-order valence-corrected chi connectivity index (χ2v) is 11.4. The number of furan rings is 1. The van der Waals surface area contributed by atoms with E-state index in [1.165, 1.54) is 0 Å². The zero-order valence-corrected chi connectivity index (χ0v) is 19.1. The molecular weight excluding hydrogens is 408 g/mol. The van der Waals surface area contributed by atoms with Crippen molar-refractivity contribution in [1.29, 1.82) is 0 Å². The van der Waals surface area contributed by atoms with E-state index in [1.54, 1.807) is 12.5 Å². The summed E-state index contributed by atoms with van der Waals surface area (Å²) >= 11 is 0. The topological polar surface area (TPSA) is 86.0 Å². The number of hydrogen-bond acceptors (Lipinski definition) is 6. The second kappa shape index (κ2) is 5.96. The Balaban J connectivity index is 1.49. The predicted octanol–water partition coefficient (Wildman–Crippen LogP) is 3.88. The van der Waals surface area contributed by atoms with Crippen LogP contribution < -0.4 is 0 Å². The summed E-state index contributed by atoms with van der Waals surface area (Å²) in [5.74, 6) is -0.947. The lowest BCUT2D eigenvalue weighted by molar-refractivity contribution is -0.173. The van der Waals surface area contributed by atoms with Crippen molar-refractivity contribution in [3.63, 3.8) is 0 Å². The molecule has 1 aromatic rings. The second-order valence-electron chi connectivity index (χ2n) is 11.4. The third-order valence-corrected chi connectivity index (χ3v) is 9.31.